The van der Waals surface area contributed by atoms with Crippen LogP contribution in [0.3, 0.4) is 0 Å². The van der Waals surface area contributed by atoms with Crippen LogP contribution in [0.4, 0.5) is 14.5 Å². The van der Waals surface area contributed by atoms with Crippen molar-refractivity contribution >= 4 is 29.2 Å². The zero-order valence-corrected chi connectivity index (χ0v) is 15.1. The maximum atomic E-state index is 12.2. The number of benzene rings is 2. The largest absolute Gasteiger partial charge is 0.497 e. The topological polar surface area (TPSA) is 73.9 Å². The van der Waals surface area contributed by atoms with E-state index in [2.05, 4.69) is 10.1 Å². The molecular weight excluding hydrogens is 384 g/mol. The first-order chi connectivity index (χ1) is 12.8. The summed E-state index contributed by atoms with van der Waals surface area (Å²) in [5.41, 5.74) is 0.492. The second kappa shape index (κ2) is 9.18. The quantitative estimate of drug-likeness (QED) is 0.708. The van der Waals surface area contributed by atoms with Gasteiger partial charge < -0.3 is 19.5 Å². The van der Waals surface area contributed by atoms with Gasteiger partial charge in [0.2, 0.25) is 0 Å². The predicted molar refractivity (Wildman–Crippen MR) is 94.6 cm³/mol. The Balaban J connectivity index is 1.96. The van der Waals surface area contributed by atoms with Crippen molar-refractivity contribution in [1.29, 1.82) is 0 Å². The van der Waals surface area contributed by atoms with E-state index in [1.54, 1.807) is 12.1 Å². The number of carbonyl (C=O) groups excluding carboxylic acids is 2. The molecule has 0 saturated carbocycles. The number of hydrogen-bond donors (Lipinski definition) is 1. The predicted octanol–water partition coefficient (Wildman–Crippen LogP) is 4.13. The Labute approximate surface area is 159 Å². The van der Waals surface area contributed by atoms with Crippen molar-refractivity contribution in [3.05, 3.63) is 53.1 Å². The summed E-state index contributed by atoms with van der Waals surface area (Å²) in [6.07, 6.45) is -1.10. The van der Waals surface area contributed by atoms with Gasteiger partial charge in [-0.05, 0) is 49.4 Å². The summed E-state index contributed by atoms with van der Waals surface area (Å²) in [4.78, 5) is 24.2. The van der Waals surface area contributed by atoms with E-state index in [-0.39, 0.29) is 22.0 Å². The van der Waals surface area contributed by atoms with Gasteiger partial charge in [-0.15, -0.1) is 0 Å². The Morgan fingerprint density at radius 2 is 1.78 bits per heavy atom. The minimum absolute atomic E-state index is 0.101. The highest BCUT2D eigenvalue weighted by atomic mass is 35.5. The standard InChI is InChI=1S/C18H16ClF2NO5/c1-10(26-17(24)11-3-6-13(25-2)7-4-11)16(23)22-12-5-8-15(14(19)9-12)27-18(20)21/h3-10,18H,1-2H3,(H,22,23). The molecule has 1 atom stereocenters. The molecule has 6 nitrogen and oxygen atoms in total. The Bertz CT molecular complexity index is 814. The lowest BCUT2D eigenvalue weighted by Crippen LogP contribution is -2.30. The SMILES string of the molecule is COc1ccc(C(=O)OC(C)C(=O)Nc2ccc(OC(F)F)c(Cl)c2)cc1. The maximum Gasteiger partial charge on any atom is 0.387 e. The van der Waals surface area contributed by atoms with E-state index < -0.39 is 24.6 Å². The molecule has 0 aliphatic heterocycles. The van der Waals surface area contributed by atoms with E-state index in [1.165, 1.54) is 44.4 Å². The molecule has 0 spiro atoms. The minimum Gasteiger partial charge on any atom is -0.497 e. The first kappa shape index (κ1) is 20.4. The molecule has 2 aromatic carbocycles. The Hall–Kier alpha value is -2.87. The number of anilines is 1. The van der Waals surface area contributed by atoms with Gasteiger partial charge in [-0.1, -0.05) is 11.6 Å². The lowest BCUT2D eigenvalue weighted by atomic mass is 10.2. The fourth-order valence-corrected chi connectivity index (χ4v) is 2.25. The fourth-order valence-electron chi connectivity index (χ4n) is 2.02. The van der Waals surface area contributed by atoms with Crippen molar-refractivity contribution in [3.63, 3.8) is 0 Å². The second-order valence-electron chi connectivity index (χ2n) is 5.29. The molecule has 1 N–H and O–H groups in total. The third-order valence-electron chi connectivity index (χ3n) is 3.39. The van der Waals surface area contributed by atoms with Crippen LogP contribution >= 0.6 is 11.6 Å². The summed E-state index contributed by atoms with van der Waals surface area (Å²) in [7, 11) is 1.50. The number of nitrogens with one attached hydrogen (secondary N) is 1. The third-order valence-corrected chi connectivity index (χ3v) is 3.69. The number of rotatable bonds is 7. The normalized spacial score (nSPS) is 11.6. The number of ether oxygens (including phenoxy) is 3. The van der Waals surface area contributed by atoms with E-state index in [0.29, 0.717) is 5.75 Å². The smallest absolute Gasteiger partial charge is 0.387 e. The van der Waals surface area contributed by atoms with Gasteiger partial charge in [0.15, 0.2) is 6.10 Å². The lowest BCUT2D eigenvalue weighted by molar-refractivity contribution is -0.123. The monoisotopic (exact) mass is 399 g/mol. The Morgan fingerprint density at radius 1 is 1.11 bits per heavy atom. The van der Waals surface area contributed by atoms with Crippen molar-refractivity contribution in [3.8, 4) is 11.5 Å². The van der Waals surface area contributed by atoms with E-state index in [1.807, 2.05) is 0 Å². The van der Waals surface area contributed by atoms with Crippen LogP contribution in [0, 0.1) is 0 Å². The molecule has 0 heterocycles. The molecule has 144 valence electrons. The molecule has 1 unspecified atom stereocenters. The summed E-state index contributed by atoms with van der Waals surface area (Å²) in [5.74, 6) is -0.938. The van der Waals surface area contributed by atoms with Gasteiger partial charge in [0.1, 0.15) is 11.5 Å². The molecule has 0 bridgehead atoms. The maximum absolute atomic E-state index is 12.2. The number of hydrogen-bond acceptors (Lipinski definition) is 5. The highest BCUT2D eigenvalue weighted by Crippen LogP contribution is 2.29. The fraction of sp³-hybridized carbons (Fsp3) is 0.222. The number of carbonyl (C=O) groups is 2. The Morgan fingerprint density at radius 3 is 2.33 bits per heavy atom. The van der Waals surface area contributed by atoms with Crippen LogP contribution in [-0.2, 0) is 9.53 Å². The molecule has 2 rings (SSSR count). The van der Waals surface area contributed by atoms with Crippen molar-refractivity contribution in [2.24, 2.45) is 0 Å². The molecule has 0 fully saturated rings. The number of amides is 1. The van der Waals surface area contributed by atoms with Crippen LogP contribution in [-0.4, -0.2) is 31.7 Å². The molecular formula is C18H16ClF2NO5. The van der Waals surface area contributed by atoms with Gasteiger partial charge >= 0.3 is 12.6 Å². The lowest BCUT2D eigenvalue weighted by Gasteiger charge is -2.14. The van der Waals surface area contributed by atoms with Crippen LogP contribution in [0.1, 0.15) is 17.3 Å². The van der Waals surface area contributed by atoms with E-state index in [0.717, 1.165) is 0 Å². The summed E-state index contributed by atoms with van der Waals surface area (Å²) in [5, 5.41) is 2.37. The van der Waals surface area contributed by atoms with Crippen LogP contribution < -0.4 is 14.8 Å². The van der Waals surface area contributed by atoms with E-state index in [9.17, 15) is 18.4 Å². The molecule has 0 radical (unpaired) electrons. The third kappa shape index (κ3) is 5.82. The zero-order chi connectivity index (χ0) is 20.0. The number of alkyl halides is 2. The molecule has 2 aromatic rings. The molecule has 1 amide bonds. The molecule has 0 aliphatic rings. The molecule has 9 heteroatoms. The van der Waals surface area contributed by atoms with Gasteiger partial charge in [-0.25, -0.2) is 4.79 Å². The summed E-state index contributed by atoms with van der Waals surface area (Å²) in [6.45, 7) is -1.62. The van der Waals surface area contributed by atoms with Gasteiger partial charge in [0.25, 0.3) is 5.91 Å². The highest BCUT2D eigenvalue weighted by Gasteiger charge is 2.20. The van der Waals surface area contributed by atoms with Crippen LogP contribution in [0.5, 0.6) is 11.5 Å². The first-order valence-electron chi connectivity index (χ1n) is 7.70. The second-order valence-corrected chi connectivity index (χ2v) is 5.70. The number of halogens is 3. The van der Waals surface area contributed by atoms with Crippen molar-refractivity contribution < 1.29 is 32.6 Å². The summed E-state index contributed by atoms with van der Waals surface area (Å²) in [6, 6.07) is 9.96. The first-order valence-corrected chi connectivity index (χ1v) is 8.08. The molecule has 0 aliphatic carbocycles. The van der Waals surface area contributed by atoms with Crippen molar-refractivity contribution in [2.75, 3.05) is 12.4 Å². The summed E-state index contributed by atoms with van der Waals surface area (Å²) < 4.78 is 38.7. The van der Waals surface area contributed by atoms with Gasteiger partial charge in [0.05, 0.1) is 17.7 Å². The number of methoxy groups -OCH3 is 1. The van der Waals surface area contributed by atoms with Gasteiger partial charge in [-0.2, -0.15) is 8.78 Å². The van der Waals surface area contributed by atoms with Crippen LogP contribution in [0.25, 0.3) is 0 Å². The zero-order valence-electron chi connectivity index (χ0n) is 14.4. The molecule has 0 aromatic heterocycles. The highest BCUT2D eigenvalue weighted by molar-refractivity contribution is 6.32. The van der Waals surface area contributed by atoms with Crippen molar-refractivity contribution in [2.45, 2.75) is 19.6 Å². The van der Waals surface area contributed by atoms with Gasteiger partial charge in [0, 0.05) is 5.69 Å². The minimum atomic E-state index is -3.01. The molecule has 27 heavy (non-hydrogen) atoms. The van der Waals surface area contributed by atoms with E-state index >= 15 is 0 Å². The average molecular weight is 400 g/mol. The summed E-state index contributed by atoms with van der Waals surface area (Å²) >= 11 is 5.82. The van der Waals surface area contributed by atoms with Gasteiger partial charge in [-0.3, -0.25) is 4.79 Å². The van der Waals surface area contributed by atoms with Crippen LogP contribution in [0.2, 0.25) is 5.02 Å². The average Bonchev–Trinajstić information content (AvgIpc) is 2.63. The Kier molecular flexibility index (Phi) is 6.95. The van der Waals surface area contributed by atoms with Crippen LogP contribution in [0.15, 0.2) is 42.5 Å². The molecule has 0 saturated heterocycles. The number of esters is 1. The van der Waals surface area contributed by atoms with E-state index in [4.69, 9.17) is 21.1 Å². The van der Waals surface area contributed by atoms with Crippen molar-refractivity contribution in [1.82, 2.24) is 0 Å².